The van der Waals surface area contributed by atoms with E-state index in [0.29, 0.717) is 32.7 Å². The Morgan fingerprint density at radius 2 is 1.85 bits per heavy atom. The van der Waals surface area contributed by atoms with Crippen LogP contribution in [0.2, 0.25) is 0 Å². The van der Waals surface area contributed by atoms with Crippen LogP contribution in [0.15, 0.2) is 93.4 Å². The number of carbonyl (C=O) groups is 2. The van der Waals surface area contributed by atoms with Crippen molar-refractivity contribution in [1.29, 1.82) is 0 Å². The number of halogens is 1. The topological polar surface area (TPSA) is 101 Å². The predicted molar refractivity (Wildman–Crippen MR) is 155 cm³/mol. The molecule has 39 heavy (non-hydrogen) atoms. The molecule has 1 aliphatic heterocycles. The molecule has 0 bridgehead atoms. The number of imidazole rings is 1. The molecule has 11 heteroatoms. The van der Waals surface area contributed by atoms with Crippen molar-refractivity contribution in [3.05, 3.63) is 112 Å². The van der Waals surface area contributed by atoms with Gasteiger partial charge in [-0.2, -0.15) is 0 Å². The summed E-state index contributed by atoms with van der Waals surface area (Å²) in [6.07, 6.45) is 1.76. The summed E-state index contributed by atoms with van der Waals surface area (Å²) >= 11 is 6.23. The lowest BCUT2D eigenvalue weighted by molar-refractivity contribution is -0.132. The van der Waals surface area contributed by atoms with Crippen LogP contribution in [0.3, 0.4) is 0 Å². The van der Waals surface area contributed by atoms with E-state index in [-0.39, 0.29) is 16.5 Å². The first-order valence-corrected chi connectivity index (χ1v) is 14.5. The van der Waals surface area contributed by atoms with Crippen molar-refractivity contribution in [3.63, 3.8) is 0 Å². The van der Waals surface area contributed by atoms with Gasteiger partial charge in [-0.25, -0.2) is 4.98 Å². The molecule has 0 aliphatic carbocycles. The van der Waals surface area contributed by atoms with Crippen LogP contribution in [0.4, 0.5) is 5.13 Å². The lowest BCUT2D eigenvalue weighted by atomic mass is 9.96. The molecule has 6 rings (SSSR count). The molecule has 1 atom stereocenters. The minimum absolute atomic E-state index is 0.0273. The van der Waals surface area contributed by atoms with Crippen LogP contribution >= 0.6 is 39.0 Å². The number of Topliss-reactive ketones (excluding diaryl/α,β-unsaturated/α-hetero) is 1. The minimum Gasteiger partial charge on any atom is -0.505 e. The Kier molecular flexibility index (Phi) is 6.79. The molecule has 8 nitrogen and oxygen atoms in total. The number of fused-ring (bicyclic) bond motifs is 1. The van der Waals surface area contributed by atoms with Crippen LogP contribution in [0.1, 0.15) is 28.6 Å². The molecular weight excluding hydrogens is 598 g/mol. The fraction of sp³-hybridized carbons (Fsp3) is 0.107. The number of pyridine rings is 1. The Morgan fingerprint density at radius 1 is 1.05 bits per heavy atom. The molecule has 5 aromatic rings. The number of hydrogen-bond donors (Lipinski definition) is 1. The van der Waals surface area contributed by atoms with Crippen LogP contribution < -0.4 is 4.90 Å². The highest BCUT2D eigenvalue weighted by molar-refractivity contribution is 9.10. The third-order valence-electron chi connectivity index (χ3n) is 6.34. The fourth-order valence-corrected chi connectivity index (χ4v) is 6.87. The Morgan fingerprint density at radius 3 is 2.64 bits per heavy atom. The number of ketones is 1. The van der Waals surface area contributed by atoms with E-state index < -0.39 is 17.7 Å². The molecule has 3 aromatic heterocycles. The highest BCUT2D eigenvalue weighted by Gasteiger charge is 2.49. The number of nitrogens with zero attached hydrogens (tertiary/aromatic N) is 5. The molecular formula is C28H20BrN5O3S2. The molecule has 1 unspecified atom stereocenters. The van der Waals surface area contributed by atoms with Gasteiger partial charge in [0.25, 0.3) is 5.78 Å². The summed E-state index contributed by atoms with van der Waals surface area (Å²) in [6.45, 7) is 1.76. The second-order valence-electron chi connectivity index (χ2n) is 8.82. The predicted octanol–water partition coefficient (Wildman–Crippen LogP) is 6.18. The molecule has 1 amide bonds. The molecule has 2 aromatic carbocycles. The summed E-state index contributed by atoms with van der Waals surface area (Å²) in [6, 6.07) is 21.8. The smallest absolute Gasteiger partial charge is 0.301 e. The van der Waals surface area contributed by atoms with Gasteiger partial charge in [-0.1, -0.05) is 87.6 Å². The van der Waals surface area contributed by atoms with Gasteiger partial charge in [-0.05, 0) is 42.3 Å². The van der Waals surface area contributed by atoms with Crippen molar-refractivity contribution in [3.8, 4) is 0 Å². The Labute approximate surface area is 240 Å². The lowest BCUT2D eigenvalue weighted by Crippen LogP contribution is -2.29. The van der Waals surface area contributed by atoms with E-state index >= 15 is 0 Å². The number of benzene rings is 2. The minimum atomic E-state index is -0.906. The van der Waals surface area contributed by atoms with Gasteiger partial charge >= 0.3 is 5.91 Å². The first-order valence-electron chi connectivity index (χ1n) is 11.9. The number of thioether (sulfide) groups is 1. The van der Waals surface area contributed by atoms with Gasteiger partial charge < -0.3 is 5.11 Å². The largest absolute Gasteiger partial charge is 0.505 e. The van der Waals surface area contributed by atoms with Gasteiger partial charge in [-0.3, -0.25) is 18.9 Å². The van der Waals surface area contributed by atoms with E-state index in [1.54, 1.807) is 17.5 Å². The normalized spacial score (nSPS) is 16.9. The Hall–Kier alpha value is -3.80. The summed E-state index contributed by atoms with van der Waals surface area (Å²) < 4.78 is 3.15. The second-order valence-corrected chi connectivity index (χ2v) is 11.9. The quantitative estimate of drug-likeness (QED) is 0.0798. The van der Waals surface area contributed by atoms with E-state index in [0.717, 1.165) is 10.0 Å². The number of hydrogen-bond acceptors (Lipinski definition) is 8. The average molecular weight is 619 g/mol. The second kappa shape index (κ2) is 10.4. The van der Waals surface area contributed by atoms with Gasteiger partial charge in [0.1, 0.15) is 11.3 Å². The number of carbonyl (C=O) groups excluding carboxylic acids is 2. The van der Waals surface area contributed by atoms with Gasteiger partial charge in [0, 0.05) is 16.4 Å². The van der Waals surface area contributed by atoms with Crippen molar-refractivity contribution >= 4 is 67.3 Å². The number of anilines is 1. The summed E-state index contributed by atoms with van der Waals surface area (Å²) in [7, 11) is 0. The summed E-state index contributed by atoms with van der Waals surface area (Å²) in [5.41, 5.74) is 3.27. The van der Waals surface area contributed by atoms with Crippen molar-refractivity contribution < 1.29 is 14.7 Å². The highest BCUT2D eigenvalue weighted by Crippen LogP contribution is 2.44. The lowest BCUT2D eigenvalue weighted by Gasteiger charge is -2.22. The first-order chi connectivity index (χ1) is 18.9. The van der Waals surface area contributed by atoms with Crippen LogP contribution in [-0.4, -0.2) is 36.4 Å². The molecule has 4 heterocycles. The molecule has 1 saturated heterocycles. The Balaban J connectivity index is 1.46. The third kappa shape index (κ3) is 4.66. The maximum Gasteiger partial charge on any atom is 0.301 e. The van der Waals surface area contributed by atoms with Crippen molar-refractivity contribution in [2.75, 3.05) is 4.90 Å². The van der Waals surface area contributed by atoms with E-state index in [4.69, 9.17) is 0 Å². The van der Waals surface area contributed by atoms with E-state index in [1.165, 1.54) is 28.0 Å². The Bertz CT molecular complexity index is 1770. The molecule has 1 fully saturated rings. The summed E-state index contributed by atoms with van der Waals surface area (Å²) in [5.74, 6) is -1.17. The number of aromatic nitrogens is 4. The van der Waals surface area contributed by atoms with Crippen LogP contribution in [-0.2, 0) is 15.3 Å². The SMILES string of the molecule is Cc1nc2ccccn2c1/C(O)=C1\C(=O)C(=O)N(c2nnc(SCc3ccccc3)s2)C1c1cccc(Br)c1. The zero-order valence-electron chi connectivity index (χ0n) is 20.5. The third-order valence-corrected chi connectivity index (χ3v) is 8.96. The number of aliphatic hydroxyl groups is 1. The molecule has 1 aliphatic rings. The monoisotopic (exact) mass is 617 g/mol. The number of amides is 1. The van der Waals surface area contributed by atoms with E-state index in [2.05, 4.69) is 31.1 Å². The van der Waals surface area contributed by atoms with Crippen LogP contribution in [0.5, 0.6) is 0 Å². The van der Waals surface area contributed by atoms with E-state index in [1.807, 2.05) is 72.8 Å². The molecule has 1 N–H and O–H groups in total. The zero-order chi connectivity index (χ0) is 27.1. The summed E-state index contributed by atoms with van der Waals surface area (Å²) in [5, 5.41) is 20.5. The standard InChI is InChI=1S/C28H20BrN5O3S2/c1-16-22(33-13-6-5-12-20(33)30-16)24(35)21-23(18-10-7-11-19(29)14-18)34(26(37)25(21)36)27-31-32-28(39-27)38-15-17-8-3-2-4-9-17/h2-14,23,35H,15H2,1H3/b24-21+. The number of rotatable bonds is 6. The van der Waals surface area contributed by atoms with Gasteiger partial charge in [0.15, 0.2) is 10.1 Å². The van der Waals surface area contributed by atoms with Crippen LogP contribution in [0.25, 0.3) is 11.4 Å². The summed E-state index contributed by atoms with van der Waals surface area (Å²) in [4.78, 5) is 32.9. The highest BCUT2D eigenvalue weighted by atomic mass is 79.9. The number of aliphatic hydroxyl groups excluding tert-OH is 1. The van der Waals surface area contributed by atoms with Gasteiger partial charge in [0.2, 0.25) is 5.13 Å². The number of aryl methyl sites for hydroxylation is 1. The molecule has 194 valence electrons. The molecule has 0 saturated carbocycles. The zero-order valence-corrected chi connectivity index (χ0v) is 23.7. The average Bonchev–Trinajstić information content (AvgIpc) is 3.61. The molecule has 0 radical (unpaired) electrons. The fourth-order valence-electron chi connectivity index (χ4n) is 4.63. The maximum atomic E-state index is 13.6. The van der Waals surface area contributed by atoms with Gasteiger partial charge in [-0.15, -0.1) is 10.2 Å². The van der Waals surface area contributed by atoms with Crippen molar-refractivity contribution in [1.82, 2.24) is 19.6 Å². The van der Waals surface area contributed by atoms with Crippen LogP contribution in [0, 0.1) is 6.92 Å². The van der Waals surface area contributed by atoms with Gasteiger partial charge in [0.05, 0.1) is 17.3 Å². The first kappa shape index (κ1) is 25.5. The van der Waals surface area contributed by atoms with Crippen molar-refractivity contribution in [2.45, 2.75) is 23.1 Å². The molecule has 0 spiro atoms. The van der Waals surface area contributed by atoms with Crippen molar-refractivity contribution in [2.24, 2.45) is 0 Å². The van der Waals surface area contributed by atoms with E-state index in [9.17, 15) is 14.7 Å². The maximum absolute atomic E-state index is 13.6.